The van der Waals surface area contributed by atoms with E-state index in [1.165, 1.54) is 32.1 Å². The number of ether oxygens (including phenoxy) is 1. The van der Waals surface area contributed by atoms with Crippen LogP contribution in [0.3, 0.4) is 0 Å². The third-order valence-electron chi connectivity index (χ3n) is 4.11. The first-order valence-electron chi connectivity index (χ1n) is 6.63. The van der Waals surface area contributed by atoms with Gasteiger partial charge in [-0.25, -0.2) is 0 Å². The normalized spacial score (nSPS) is 42.8. The predicted octanol–water partition coefficient (Wildman–Crippen LogP) is 2.72. The Morgan fingerprint density at radius 1 is 1.33 bits per heavy atom. The van der Waals surface area contributed by atoms with Crippen LogP contribution in [0.4, 0.5) is 0 Å². The highest BCUT2D eigenvalue weighted by Gasteiger charge is 2.37. The summed E-state index contributed by atoms with van der Waals surface area (Å²) in [4.78, 5) is 0. The maximum atomic E-state index is 6.33. The van der Waals surface area contributed by atoms with Crippen molar-refractivity contribution in [3.05, 3.63) is 0 Å². The second-order valence-corrected chi connectivity index (χ2v) is 5.50. The summed E-state index contributed by atoms with van der Waals surface area (Å²) in [5.41, 5.74) is 0.184. The van der Waals surface area contributed by atoms with Crippen LogP contribution >= 0.6 is 0 Å². The molecule has 1 N–H and O–H groups in total. The molecule has 0 aromatic heterocycles. The lowest BCUT2D eigenvalue weighted by Gasteiger charge is -2.41. The molecule has 2 nitrogen and oxygen atoms in total. The van der Waals surface area contributed by atoms with E-state index in [-0.39, 0.29) is 5.60 Å². The van der Waals surface area contributed by atoms with Gasteiger partial charge >= 0.3 is 0 Å². The highest BCUT2D eigenvalue weighted by atomic mass is 16.5. The van der Waals surface area contributed by atoms with Crippen LogP contribution in [0.5, 0.6) is 0 Å². The second-order valence-electron chi connectivity index (χ2n) is 5.50. The number of hydrogen-bond acceptors (Lipinski definition) is 2. The topological polar surface area (TPSA) is 21.3 Å². The van der Waals surface area contributed by atoms with Crippen LogP contribution in [-0.4, -0.2) is 24.8 Å². The molecule has 0 amide bonds. The van der Waals surface area contributed by atoms with E-state index in [9.17, 15) is 0 Å². The minimum atomic E-state index is 0.184. The third-order valence-corrected chi connectivity index (χ3v) is 4.11. The van der Waals surface area contributed by atoms with Gasteiger partial charge in [0.15, 0.2) is 0 Å². The van der Waals surface area contributed by atoms with Crippen LogP contribution in [0.25, 0.3) is 0 Å². The smallest absolute Gasteiger partial charge is 0.0810 e. The molecule has 0 aromatic carbocycles. The Morgan fingerprint density at radius 3 is 3.00 bits per heavy atom. The maximum absolute atomic E-state index is 6.33. The Bertz CT molecular complexity index is 207. The molecule has 3 unspecified atom stereocenters. The number of nitrogens with one attached hydrogen (secondary N) is 1. The van der Waals surface area contributed by atoms with Crippen molar-refractivity contribution in [2.45, 2.75) is 64.1 Å². The van der Waals surface area contributed by atoms with Gasteiger partial charge in [0.2, 0.25) is 0 Å². The van der Waals surface area contributed by atoms with Crippen molar-refractivity contribution in [2.75, 3.05) is 13.1 Å². The fourth-order valence-corrected chi connectivity index (χ4v) is 2.97. The van der Waals surface area contributed by atoms with Gasteiger partial charge in [-0.3, -0.25) is 0 Å². The lowest BCUT2D eigenvalue weighted by Crippen LogP contribution is -2.53. The standard InChI is InChI=1S/C13H25NO/c1-3-12-9-14-10-13(15-12)7-4-5-11(2)6-8-13/h11-12,14H,3-10H2,1-2H3. The summed E-state index contributed by atoms with van der Waals surface area (Å²) in [5, 5.41) is 3.56. The van der Waals surface area contributed by atoms with Crippen molar-refractivity contribution in [2.24, 2.45) is 5.92 Å². The van der Waals surface area contributed by atoms with Crippen LogP contribution in [-0.2, 0) is 4.74 Å². The largest absolute Gasteiger partial charge is 0.369 e. The molecule has 1 aliphatic heterocycles. The van der Waals surface area contributed by atoms with Crippen molar-refractivity contribution in [3.63, 3.8) is 0 Å². The molecule has 1 aliphatic carbocycles. The summed E-state index contributed by atoms with van der Waals surface area (Å²) in [6, 6.07) is 0. The highest BCUT2D eigenvalue weighted by Crippen LogP contribution is 2.35. The Hall–Kier alpha value is -0.0800. The first kappa shape index (κ1) is 11.4. The minimum absolute atomic E-state index is 0.184. The Morgan fingerprint density at radius 2 is 2.20 bits per heavy atom. The van der Waals surface area contributed by atoms with Gasteiger partial charge in [-0.15, -0.1) is 0 Å². The summed E-state index contributed by atoms with van der Waals surface area (Å²) >= 11 is 0. The Labute approximate surface area is 93.8 Å². The summed E-state index contributed by atoms with van der Waals surface area (Å²) in [5.74, 6) is 0.898. The molecule has 2 rings (SSSR count). The molecule has 1 spiro atoms. The van der Waals surface area contributed by atoms with Gasteiger partial charge in [0.25, 0.3) is 0 Å². The zero-order chi connectivity index (χ0) is 10.7. The zero-order valence-corrected chi connectivity index (χ0v) is 10.2. The van der Waals surface area contributed by atoms with Crippen molar-refractivity contribution in [1.82, 2.24) is 5.32 Å². The maximum Gasteiger partial charge on any atom is 0.0810 e. The van der Waals surface area contributed by atoms with Crippen LogP contribution in [0, 0.1) is 5.92 Å². The van der Waals surface area contributed by atoms with E-state index < -0.39 is 0 Å². The summed E-state index contributed by atoms with van der Waals surface area (Å²) in [6.07, 6.45) is 8.20. The first-order chi connectivity index (χ1) is 7.24. The zero-order valence-electron chi connectivity index (χ0n) is 10.2. The monoisotopic (exact) mass is 211 g/mol. The van der Waals surface area contributed by atoms with Gasteiger partial charge in [0.1, 0.15) is 0 Å². The molecule has 0 bridgehead atoms. The summed E-state index contributed by atoms with van der Waals surface area (Å²) < 4.78 is 6.33. The lowest BCUT2D eigenvalue weighted by atomic mass is 9.91. The van der Waals surface area contributed by atoms with Gasteiger partial charge in [-0.1, -0.05) is 26.7 Å². The fourth-order valence-electron chi connectivity index (χ4n) is 2.97. The average molecular weight is 211 g/mol. The molecule has 2 heteroatoms. The van der Waals surface area contributed by atoms with E-state index in [0.29, 0.717) is 6.10 Å². The molecule has 1 saturated heterocycles. The van der Waals surface area contributed by atoms with Gasteiger partial charge < -0.3 is 10.1 Å². The Balaban J connectivity index is 1.98. The molecule has 2 fully saturated rings. The fraction of sp³-hybridized carbons (Fsp3) is 1.00. The highest BCUT2D eigenvalue weighted by molar-refractivity contribution is 4.91. The second kappa shape index (κ2) is 4.84. The average Bonchev–Trinajstić information content (AvgIpc) is 2.42. The summed E-state index contributed by atoms with van der Waals surface area (Å²) in [6.45, 7) is 6.74. The van der Waals surface area contributed by atoms with Crippen LogP contribution in [0.2, 0.25) is 0 Å². The molecular weight excluding hydrogens is 186 g/mol. The van der Waals surface area contributed by atoms with Crippen molar-refractivity contribution in [1.29, 1.82) is 0 Å². The van der Waals surface area contributed by atoms with Crippen LogP contribution < -0.4 is 5.32 Å². The molecule has 0 aromatic rings. The molecule has 0 radical (unpaired) electrons. The molecule has 88 valence electrons. The molecule has 1 heterocycles. The van der Waals surface area contributed by atoms with E-state index >= 15 is 0 Å². The van der Waals surface area contributed by atoms with E-state index in [4.69, 9.17) is 4.74 Å². The molecule has 15 heavy (non-hydrogen) atoms. The Kier molecular flexibility index (Phi) is 3.68. The number of rotatable bonds is 1. The van der Waals surface area contributed by atoms with E-state index in [2.05, 4.69) is 19.2 Å². The predicted molar refractivity (Wildman–Crippen MR) is 63.0 cm³/mol. The van der Waals surface area contributed by atoms with Gasteiger partial charge in [-0.2, -0.15) is 0 Å². The SMILES string of the molecule is CCC1CNCC2(CCCC(C)CC2)O1. The third kappa shape index (κ3) is 2.73. The molecule has 1 saturated carbocycles. The first-order valence-corrected chi connectivity index (χ1v) is 6.63. The molecular formula is C13H25NO. The van der Waals surface area contributed by atoms with Crippen molar-refractivity contribution in [3.8, 4) is 0 Å². The number of hydrogen-bond donors (Lipinski definition) is 1. The van der Waals surface area contributed by atoms with Gasteiger partial charge in [0.05, 0.1) is 11.7 Å². The van der Waals surface area contributed by atoms with E-state index in [1.54, 1.807) is 0 Å². The van der Waals surface area contributed by atoms with E-state index in [0.717, 1.165) is 25.4 Å². The quantitative estimate of drug-likeness (QED) is 0.720. The number of morpholine rings is 1. The van der Waals surface area contributed by atoms with Crippen molar-refractivity contribution < 1.29 is 4.74 Å². The van der Waals surface area contributed by atoms with Crippen molar-refractivity contribution >= 4 is 0 Å². The minimum Gasteiger partial charge on any atom is -0.369 e. The van der Waals surface area contributed by atoms with Crippen LogP contribution in [0.1, 0.15) is 52.4 Å². The summed E-state index contributed by atoms with van der Waals surface area (Å²) in [7, 11) is 0. The van der Waals surface area contributed by atoms with Gasteiger partial charge in [-0.05, 0) is 31.6 Å². The van der Waals surface area contributed by atoms with Gasteiger partial charge in [0, 0.05) is 13.1 Å². The lowest BCUT2D eigenvalue weighted by molar-refractivity contribution is -0.124. The van der Waals surface area contributed by atoms with Crippen LogP contribution in [0.15, 0.2) is 0 Å². The molecule has 2 aliphatic rings. The van der Waals surface area contributed by atoms with E-state index in [1.807, 2.05) is 0 Å². The molecule has 3 atom stereocenters.